The van der Waals surface area contributed by atoms with Gasteiger partial charge in [0, 0.05) is 49.3 Å². The lowest BCUT2D eigenvalue weighted by Crippen LogP contribution is -2.40. The monoisotopic (exact) mass is 486 g/mol. The van der Waals surface area contributed by atoms with Crippen molar-refractivity contribution in [3.05, 3.63) is 0 Å². The summed E-state index contributed by atoms with van der Waals surface area (Å²) in [5.41, 5.74) is -0.601. The molecule has 0 radical (unpaired) electrons. The second-order valence-corrected chi connectivity index (χ2v) is 12.6. The third-order valence-electron chi connectivity index (χ3n) is 5.92. The molecule has 0 bridgehead atoms. The third-order valence-corrected chi connectivity index (χ3v) is 5.92. The lowest BCUT2D eigenvalue weighted by Gasteiger charge is -2.31. The first kappa shape index (κ1) is 32.8. The number of rotatable bonds is 19. The molecule has 7 heteroatoms. The molecule has 0 aliphatic rings. The van der Waals surface area contributed by atoms with Crippen LogP contribution in [0, 0.1) is 21.7 Å². The van der Waals surface area contributed by atoms with Crippen molar-refractivity contribution in [1.82, 2.24) is 10.6 Å². The van der Waals surface area contributed by atoms with Crippen LogP contribution in [0.2, 0.25) is 0 Å². The molecule has 1 atom stereocenters. The van der Waals surface area contributed by atoms with E-state index in [0.717, 1.165) is 12.8 Å². The Hall–Kier alpha value is -1.18. The van der Waals surface area contributed by atoms with Crippen molar-refractivity contribution in [2.75, 3.05) is 53.2 Å². The molecule has 0 aliphatic heterocycles. The second kappa shape index (κ2) is 15.0. The summed E-state index contributed by atoms with van der Waals surface area (Å²) < 4.78 is 17.3. The zero-order valence-corrected chi connectivity index (χ0v) is 23.8. The number of carbonyl (C=O) groups excluding carboxylic acids is 2. The molecule has 1 unspecified atom stereocenters. The number of methoxy groups -OCH3 is 1. The van der Waals surface area contributed by atoms with E-state index >= 15 is 0 Å². The molecule has 0 aliphatic carbocycles. The quantitative estimate of drug-likeness (QED) is 0.279. The van der Waals surface area contributed by atoms with Gasteiger partial charge in [-0.25, -0.2) is 0 Å². The number of hydrogen-bond acceptors (Lipinski definition) is 5. The summed E-state index contributed by atoms with van der Waals surface area (Å²) in [5, 5.41) is 6.04. The van der Waals surface area contributed by atoms with Gasteiger partial charge in [-0.3, -0.25) is 9.59 Å². The third kappa shape index (κ3) is 15.7. The first-order valence-electron chi connectivity index (χ1n) is 12.8. The largest absolute Gasteiger partial charge is 0.384 e. The van der Waals surface area contributed by atoms with Gasteiger partial charge in [0.15, 0.2) is 0 Å². The van der Waals surface area contributed by atoms with Crippen LogP contribution >= 0.6 is 0 Å². The fraction of sp³-hybridized carbons (Fsp3) is 0.926. The molecule has 0 aromatic carbocycles. The highest BCUT2D eigenvalue weighted by atomic mass is 16.5. The first-order chi connectivity index (χ1) is 15.6. The fourth-order valence-electron chi connectivity index (χ4n) is 3.41. The number of ether oxygens (including phenoxy) is 3. The van der Waals surface area contributed by atoms with Crippen LogP contribution in [0.1, 0.15) is 88.0 Å². The number of nitrogens with one attached hydrogen (secondary N) is 2. The van der Waals surface area contributed by atoms with Crippen LogP contribution in [0.25, 0.3) is 0 Å². The van der Waals surface area contributed by atoms with Gasteiger partial charge in [-0.2, -0.15) is 0 Å². The molecule has 0 aromatic rings. The van der Waals surface area contributed by atoms with E-state index in [1.165, 1.54) is 0 Å². The number of hydrogen-bond donors (Lipinski definition) is 2. The summed E-state index contributed by atoms with van der Waals surface area (Å²) in [4.78, 5) is 24.3. The molecular formula is C27H54N2O5. The van der Waals surface area contributed by atoms with E-state index in [1.807, 2.05) is 20.8 Å². The lowest BCUT2D eigenvalue weighted by molar-refractivity contribution is -0.125. The highest BCUT2D eigenvalue weighted by Crippen LogP contribution is 2.25. The van der Waals surface area contributed by atoms with Crippen molar-refractivity contribution in [3.63, 3.8) is 0 Å². The summed E-state index contributed by atoms with van der Waals surface area (Å²) in [6.07, 6.45) is 2.77. The minimum atomic E-state index is -0.282. The second-order valence-electron chi connectivity index (χ2n) is 12.6. The molecule has 2 N–H and O–H groups in total. The Morgan fingerprint density at radius 2 is 1.15 bits per heavy atom. The summed E-state index contributed by atoms with van der Waals surface area (Å²) in [6.45, 7) is 22.7. The van der Waals surface area contributed by atoms with Crippen LogP contribution < -0.4 is 10.6 Å². The molecule has 0 heterocycles. The van der Waals surface area contributed by atoms with Crippen LogP contribution in [0.3, 0.4) is 0 Å². The van der Waals surface area contributed by atoms with Crippen LogP contribution in [0.4, 0.5) is 0 Å². The molecule has 202 valence electrons. The van der Waals surface area contributed by atoms with Crippen molar-refractivity contribution in [2.45, 2.75) is 88.0 Å². The molecular weight excluding hydrogens is 432 g/mol. The van der Waals surface area contributed by atoms with Crippen molar-refractivity contribution < 1.29 is 23.8 Å². The normalized spacial score (nSPS) is 14.5. The highest BCUT2D eigenvalue weighted by Gasteiger charge is 2.28. The average molecular weight is 487 g/mol. The summed E-state index contributed by atoms with van der Waals surface area (Å²) >= 11 is 0. The van der Waals surface area contributed by atoms with Gasteiger partial charge < -0.3 is 24.8 Å². The smallest absolute Gasteiger partial charge is 0.220 e. The van der Waals surface area contributed by atoms with E-state index in [2.05, 4.69) is 52.2 Å². The van der Waals surface area contributed by atoms with E-state index in [9.17, 15) is 9.59 Å². The molecule has 0 aromatic heterocycles. The van der Waals surface area contributed by atoms with Crippen molar-refractivity contribution in [3.8, 4) is 0 Å². The molecule has 0 rings (SSSR count). The summed E-state index contributed by atoms with van der Waals surface area (Å²) in [5.74, 6) is 0.0980. The predicted octanol–water partition coefficient (Wildman–Crippen LogP) is 4.58. The average Bonchev–Trinajstić information content (AvgIpc) is 2.70. The Bertz CT molecular complexity index is 604. The van der Waals surface area contributed by atoms with Crippen molar-refractivity contribution in [1.29, 1.82) is 0 Å². The van der Waals surface area contributed by atoms with Gasteiger partial charge in [-0.15, -0.1) is 0 Å². The number of carbonyl (C=O) groups is 2. The number of amides is 2. The molecule has 0 saturated carbocycles. The Kier molecular flexibility index (Phi) is 14.5. The SMILES string of the molecule is CCCC(=O)NCC(C)(C)COCC(C)(C)CC(=O)NCC(C)(C)COCC(C)(CC)COC. The van der Waals surface area contributed by atoms with E-state index in [0.29, 0.717) is 59.0 Å². The maximum atomic E-state index is 12.6. The van der Waals surface area contributed by atoms with Gasteiger partial charge in [0.25, 0.3) is 0 Å². The van der Waals surface area contributed by atoms with Crippen LogP contribution in [0.5, 0.6) is 0 Å². The minimum absolute atomic E-state index is 0.00771. The fourth-order valence-corrected chi connectivity index (χ4v) is 3.41. The standard InChI is InChI=1S/C27H54N2O5/c1-11-13-22(30)28-15-25(5,6)18-33-17-24(3,4)14-23(31)29-16-26(7,8)19-34-21-27(9,12-2)20-32-10/h11-21H2,1-10H3,(H,28,30)(H,29,31). The van der Waals surface area contributed by atoms with Gasteiger partial charge in [0.2, 0.25) is 11.8 Å². The summed E-state index contributed by atoms with van der Waals surface area (Å²) in [6, 6.07) is 0. The Morgan fingerprint density at radius 3 is 1.62 bits per heavy atom. The van der Waals surface area contributed by atoms with Crippen LogP contribution in [-0.4, -0.2) is 65.0 Å². The van der Waals surface area contributed by atoms with E-state index in [-0.39, 0.29) is 33.5 Å². The van der Waals surface area contributed by atoms with E-state index in [1.54, 1.807) is 7.11 Å². The molecule has 0 fully saturated rings. The first-order valence-corrected chi connectivity index (χ1v) is 12.8. The minimum Gasteiger partial charge on any atom is -0.384 e. The van der Waals surface area contributed by atoms with Gasteiger partial charge >= 0.3 is 0 Å². The van der Waals surface area contributed by atoms with Gasteiger partial charge in [-0.1, -0.05) is 62.3 Å². The Morgan fingerprint density at radius 1 is 0.676 bits per heavy atom. The molecule has 2 amide bonds. The molecule has 0 saturated heterocycles. The molecule has 0 spiro atoms. The predicted molar refractivity (Wildman–Crippen MR) is 139 cm³/mol. The van der Waals surface area contributed by atoms with Gasteiger partial charge in [0.05, 0.1) is 33.0 Å². The maximum absolute atomic E-state index is 12.6. The highest BCUT2D eigenvalue weighted by molar-refractivity contribution is 5.76. The Balaban J connectivity index is 4.37. The molecule has 7 nitrogen and oxygen atoms in total. The van der Waals surface area contributed by atoms with Gasteiger partial charge in [-0.05, 0) is 18.3 Å². The zero-order valence-electron chi connectivity index (χ0n) is 23.8. The van der Waals surface area contributed by atoms with Crippen molar-refractivity contribution >= 4 is 11.8 Å². The Labute approximate surface area is 209 Å². The topological polar surface area (TPSA) is 85.9 Å². The van der Waals surface area contributed by atoms with E-state index < -0.39 is 0 Å². The van der Waals surface area contributed by atoms with Crippen LogP contribution in [-0.2, 0) is 23.8 Å². The summed E-state index contributed by atoms with van der Waals surface area (Å²) in [7, 11) is 1.72. The molecule has 34 heavy (non-hydrogen) atoms. The zero-order chi connectivity index (χ0) is 26.5. The van der Waals surface area contributed by atoms with Crippen molar-refractivity contribution in [2.24, 2.45) is 21.7 Å². The van der Waals surface area contributed by atoms with Crippen LogP contribution in [0.15, 0.2) is 0 Å². The van der Waals surface area contributed by atoms with Gasteiger partial charge in [0.1, 0.15) is 0 Å². The maximum Gasteiger partial charge on any atom is 0.220 e. The lowest BCUT2D eigenvalue weighted by atomic mass is 9.88. The van der Waals surface area contributed by atoms with E-state index in [4.69, 9.17) is 14.2 Å².